The number of hydrogen-bond donors (Lipinski definition) is 1. The maximum absolute atomic E-state index is 13.4. The van der Waals surface area contributed by atoms with Gasteiger partial charge in [0.05, 0.1) is 17.7 Å². The molecule has 12 heteroatoms. The SMILES string of the molecule is CCc1nn(Cc2ccc(-c3ccccc3-c3nn[nH]n3)cc2)c(=NC(=O)c2ccccc2C(F)(F)F)s1. The third-order valence-electron chi connectivity index (χ3n) is 5.74. The van der Waals surface area contributed by atoms with Gasteiger partial charge in [-0.25, -0.2) is 4.68 Å². The fourth-order valence-electron chi connectivity index (χ4n) is 3.91. The van der Waals surface area contributed by atoms with Crippen molar-refractivity contribution >= 4 is 17.2 Å². The summed E-state index contributed by atoms with van der Waals surface area (Å²) in [4.78, 5) is 17.1. The number of tetrazole rings is 1. The smallest absolute Gasteiger partial charge is 0.267 e. The Kier molecular flexibility index (Phi) is 6.97. The van der Waals surface area contributed by atoms with Crippen molar-refractivity contribution in [1.29, 1.82) is 0 Å². The summed E-state index contributed by atoms with van der Waals surface area (Å²) in [5.41, 5.74) is 2.06. The summed E-state index contributed by atoms with van der Waals surface area (Å²) in [6.45, 7) is 2.19. The Morgan fingerprint density at radius 3 is 2.39 bits per heavy atom. The molecule has 38 heavy (non-hydrogen) atoms. The Bertz CT molecular complexity index is 1640. The number of aromatic amines is 1. The van der Waals surface area contributed by atoms with Crippen molar-refractivity contribution in [3.63, 3.8) is 0 Å². The van der Waals surface area contributed by atoms with Gasteiger partial charge in [0.2, 0.25) is 10.6 Å². The predicted molar refractivity (Wildman–Crippen MR) is 135 cm³/mol. The number of carbonyl (C=O) groups is 1. The molecular formula is C26H20F3N7OS. The highest BCUT2D eigenvalue weighted by molar-refractivity contribution is 7.08. The Hall–Kier alpha value is -4.45. The molecule has 1 amide bonds. The van der Waals surface area contributed by atoms with Gasteiger partial charge in [0.15, 0.2) is 0 Å². The summed E-state index contributed by atoms with van der Waals surface area (Å²) >= 11 is 1.18. The Labute approximate surface area is 218 Å². The van der Waals surface area contributed by atoms with Crippen LogP contribution < -0.4 is 4.80 Å². The van der Waals surface area contributed by atoms with Crippen LogP contribution in [0.2, 0.25) is 0 Å². The number of aromatic nitrogens is 6. The molecule has 0 unspecified atom stereocenters. The summed E-state index contributed by atoms with van der Waals surface area (Å²) in [7, 11) is 0. The molecule has 0 radical (unpaired) electrons. The third kappa shape index (κ3) is 5.30. The van der Waals surface area contributed by atoms with Crippen LogP contribution >= 0.6 is 11.3 Å². The monoisotopic (exact) mass is 535 g/mol. The molecule has 0 aliphatic carbocycles. The minimum Gasteiger partial charge on any atom is -0.267 e. The number of halogens is 3. The molecule has 0 spiro atoms. The summed E-state index contributed by atoms with van der Waals surface area (Å²) in [6, 6.07) is 20.1. The van der Waals surface area contributed by atoms with Gasteiger partial charge >= 0.3 is 6.18 Å². The maximum Gasteiger partial charge on any atom is 0.417 e. The number of hydrogen-bond acceptors (Lipinski definition) is 6. The lowest BCUT2D eigenvalue weighted by Gasteiger charge is -2.10. The predicted octanol–water partition coefficient (Wildman–Crippen LogP) is 5.16. The topological polar surface area (TPSA) is 102 Å². The molecule has 3 aromatic carbocycles. The highest BCUT2D eigenvalue weighted by Crippen LogP contribution is 2.32. The molecule has 2 aromatic heterocycles. The minimum atomic E-state index is -4.66. The number of nitrogens with one attached hydrogen (secondary N) is 1. The van der Waals surface area contributed by atoms with E-state index in [1.807, 2.05) is 55.5 Å². The normalized spacial score (nSPS) is 12.2. The first-order chi connectivity index (χ1) is 18.3. The van der Waals surface area contributed by atoms with E-state index < -0.39 is 23.2 Å². The lowest BCUT2D eigenvalue weighted by Crippen LogP contribution is -2.20. The van der Waals surface area contributed by atoms with E-state index in [4.69, 9.17) is 0 Å². The Morgan fingerprint density at radius 1 is 1.00 bits per heavy atom. The van der Waals surface area contributed by atoms with Crippen LogP contribution in [0.15, 0.2) is 77.8 Å². The molecule has 8 nitrogen and oxygen atoms in total. The largest absolute Gasteiger partial charge is 0.417 e. The zero-order chi connectivity index (χ0) is 26.7. The quantitative estimate of drug-likeness (QED) is 0.324. The van der Waals surface area contributed by atoms with Gasteiger partial charge in [0.1, 0.15) is 5.01 Å². The standard InChI is InChI=1S/C26H20F3N7OS/c1-2-22-33-36(25(38-22)30-24(37)20-9-5-6-10-21(20)26(27,28)29)15-16-11-13-17(14-12-16)18-7-3-4-8-19(18)23-31-34-35-32-23/h3-14H,2,15H2,1H3,(H,31,32,34,35). The summed E-state index contributed by atoms with van der Waals surface area (Å²) in [5, 5.41) is 19.5. The van der Waals surface area contributed by atoms with Crippen LogP contribution in [-0.4, -0.2) is 36.3 Å². The van der Waals surface area contributed by atoms with E-state index in [2.05, 4.69) is 30.7 Å². The second kappa shape index (κ2) is 10.5. The van der Waals surface area contributed by atoms with Crippen molar-refractivity contribution in [2.24, 2.45) is 4.99 Å². The average molecular weight is 536 g/mol. The lowest BCUT2D eigenvalue weighted by atomic mass is 9.98. The second-order valence-electron chi connectivity index (χ2n) is 8.23. The van der Waals surface area contributed by atoms with Crippen molar-refractivity contribution < 1.29 is 18.0 Å². The van der Waals surface area contributed by atoms with Crippen molar-refractivity contribution in [3.05, 3.63) is 99.3 Å². The minimum absolute atomic E-state index is 0.232. The molecule has 0 saturated carbocycles. The van der Waals surface area contributed by atoms with Crippen molar-refractivity contribution in [1.82, 2.24) is 30.4 Å². The molecule has 1 N–H and O–H groups in total. The Balaban J connectivity index is 1.45. The van der Waals surface area contributed by atoms with E-state index in [1.165, 1.54) is 23.5 Å². The number of aryl methyl sites for hydroxylation is 1. The van der Waals surface area contributed by atoms with Gasteiger partial charge in [-0.3, -0.25) is 4.79 Å². The number of alkyl halides is 3. The van der Waals surface area contributed by atoms with Crippen LogP contribution in [0.1, 0.15) is 33.4 Å². The van der Waals surface area contributed by atoms with E-state index >= 15 is 0 Å². The van der Waals surface area contributed by atoms with Crippen molar-refractivity contribution in [3.8, 4) is 22.5 Å². The van der Waals surface area contributed by atoms with Gasteiger partial charge in [-0.15, -0.1) is 10.2 Å². The van der Waals surface area contributed by atoms with Gasteiger partial charge in [-0.2, -0.15) is 28.5 Å². The van der Waals surface area contributed by atoms with Gasteiger partial charge in [0.25, 0.3) is 5.91 Å². The zero-order valence-corrected chi connectivity index (χ0v) is 20.8. The number of carbonyl (C=O) groups excluding carboxylic acids is 1. The second-order valence-corrected chi connectivity index (χ2v) is 9.27. The molecule has 0 fully saturated rings. The number of benzene rings is 3. The highest BCUT2D eigenvalue weighted by atomic mass is 32.1. The molecule has 5 rings (SSSR count). The van der Waals surface area contributed by atoms with Crippen molar-refractivity contribution in [2.75, 3.05) is 0 Å². The van der Waals surface area contributed by atoms with Crippen LogP contribution in [0.25, 0.3) is 22.5 Å². The molecule has 0 aliphatic heterocycles. The van der Waals surface area contributed by atoms with Crippen LogP contribution in [0, 0.1) is 0 Å². The van der Waals surface area contributed by atoms with E-state index in [-0.39, 0.29) is 11.3 Å². The molecule has 0 atom stereocenters. The van der Waals surface area contributed by atoms with Crippen molar-refractivity contribution in [2.45, 2.75) is 26.1 Å². The van der Waals surface area contributed by atoms with Gasteiger partial charge in [-0.05, 0) is 40.5 Å². The zero-order valence-electron chi connectivity index (χ0n) is 20.0. The molecule has 5 aromatic rings. The van der Waals surface area contributed by atoms with Crippen LogP contribution in [-0.2, 0) is 19.1 Å². The number of rotatable bonds is 6. The fourth-order valence-corrected chi connectivity index (χ4v) is 4.75. The fraction of sp³-hybridized carbons (Fsp3) is 0.154. The van der Waals surface area contributed by atoms with E-state index in [0.717, 1.165) is 34.4 Å². The van der Waals surface area contributed by atoms with Crippen LogP contribution in [0.3, 0.4) is 0 Å². The summed E-state index contributed by atoms with van der Waals surface area (Å²) in [5.74, 6) is -0.482. The third-order valence-corrected chi connectivity index (χ3v) is 6.83. The molecule has 0 bridgehead atoms. The van der Waals surface area contributed by atoms with Gasteiger partial charge < -0.3 is 0 Å². The summed E-state index contributed by atoms with van der Waals surface area (Å²) in [6.07, 6.45) is -4.07. The van der Waals surface area contributed by atoms with Crippen LogP contribution in [0.4, 0.5) is 13.2 Å². The molecule has 192 valence electrons. The molecule has 2 heterocycles. The maximum atomic E-state index is 13.4. The molecule has 0 saturated heterocycles. The lowest BCUT2D eigenvalue weighted by molar-refractivity contribution is -0.137. The first kappa shape index (κ1) is 25.2. The highest BCUT2D eigenvalue weighted by Gasteiger charge is 2.34. The molecular weight excluding hydrogens is 515 g/mol. The van der Waals surface area contributed by atoms with E-state index in [0.29, 0.717) is 17.3 Å². The number of H-pyrrole nitrogens is 1. The Morgan fingerprint density at radius 2 is 1.71 bits per heavy atom. The van der Waals surface area contributed by atoms with Crippen LogP contribution in [0.5, 0.6) is 0 Å². The van der Waals surface area contributed by atoms with Gasteiger partial charge in [0, 0.05) is 5.56 Å². The first-order valence-corrected chi connectivity index (χ1v) is 12.4. The first-order valence-electron chi connectivity index (χ1n) is 11.6. The average Bonchev–Trinajstić information content (AvgIpc) is 3.59. The van der Waals surface area contributed by atoms with Gasteiger partial charge in [-0.1, -0.05) is 78.9 Å². The van der Waals surface area contributed by atoms with E-state index in [1.54, 1.807) is 4.68 Å². The molecule has 0 aliphatic rings. The van der Waals surface area contributed by atoms with E-state index in [9.17, 15) is 18.0 Å². The number of amides is 1. The number of nitrogens with zero attached hydrogens (tertiary/aromatic N) is 6. The summed E-state index contributed by atoms with van der Waals surface area (Å²) < 4.78 is 41.8.